The molecule has 7 nitrogen and oxygen atoms in total. The Morgan fingerprint density at radius 1 is 1.15 bits per heavy atom. The number of anilines is 2. The molecule has 174 valence electrons. The summed E-state index contributed by atoms with van der Waals surface area (Å²) in [6.07, 6.45) is 3.92. The molecule has 2 aromatic carbocycles. The van der Waals surface area contributed by atoms with E-state index in [1.165, 1.54) is 25.6 Å². The number of carbonyl (C=O) groups excluding carboxylic acids is 1. The summed E-state index contributed by atoms with van der Waals surface area (Å²) in [5.41, 5.74) is 1.98. The lowest BCUT2D eigenvalue weighted by Crippen LogP contribution is -2.38. The molecular formula is C25H22F2N4O3. The standard InChI is InChI=1S/C25H22F2N4O3/c1-33-24-15-29-9-6-19(24)25(32)30-21-12-16(14-28)2-4-22(21)31-10-7-18(8-11-31)34-23-5-3-17(26)13-20(23)27/h2-6,9,12-13,15,18H,7-8,10-11H2,1H3,(H,30,32). The lowest BCUT2D eigenvalue weighted by Gasteiger charge is -2.35. The van der Waals surface area contributed by atoms with E-state index in [4.69, 9.17) is 9.47 Å². The Kier molecular flexibility index (Phi) is 6.87. The summed E-state index contributed by atoms with van der Waals surface area (Å²) < 4.78 is 38.0. The van der Waals surface area contributed by atoms with Crippen molar-refractivity contribution < 1.29 is 23.0 Å². The van der Waals surface area contributed by atoms with Crippen LogP contribution in [0.25, 0.3) is 0 Å². The minimum absolute atomic E-state index is 0.0254. The summed E-state index contributed by atoms with van der Waals surface area (Å²) in [4.78, 5) is 19.0. The minimum Gasteiger partial charge on any atom is -0.494 e. The highest BCUT2D eigenvalue weighted by Crippen LogP contribution is 2.32. The zero-order valence-corrected chi connectivity index (χ0v) is 18.4. The first-order valence-corrected chi connectivity index (χ1v) is 10.7. The number of nitrogens with zero attached hydrogens (tertiary/aromatic N) is 3. The third-order valence-corrected chi connectivity index (χ3v) is 5.59. The van der Waals surface area contributed by atoms with Crippen LogP contribution < -0.4 is 19.7 Å². The van der Waals surface area contributed by atoms with Crippen molar-refractivity contribution in [3.05, 3.63) is 77.6 Å². The fraction of sp³-hybridized carbons (Fsp3) is 0.240. The molecule has 1 aliphatic heterocycles. The predicted molar refractivity (Wildman–Crippen MR) is 122 cm³/mol. The fourth-order valence-corrected chi connectivity index (χ4v) is 3.87. The van der Waals surface area contributed by atoms with Crippen molar-refractivity contribution in [3.8, 4) is 17.6 Å². The Labute approximate surface area is 195 Å². The summed E-state index contributed by atoms with van der Waals surface area (Å²) in [6.45, 7) is 1.17. The van der Waals surface area contributed by atoms with Gasteiger partial charge >= 0.3 is 0 Å². The number of ether oxygens (including phenoxy) is 2. The van der Waals surface area contributed by atoms with Crippen LogP contribution in [0.4, 0.5) is 20.2 Å². The van der Waals surface area contributed by atoms with Crippen molar-refractivity contribution in [1.29, 1.82) is 5.26 Å². The molecule has 0 bridgehead atoms. The highest BCUT2D eigenvalue weighted by atomic mass is 19.1. The molecule has 0 unspecified atom stereocenters. The number of aromatic nitrogens is 1. The lowest BCUT2D eigenvalue weighted by atomic mass is 10.0. The SMILES string of the molecule is COc1cnccc1C(=O)Nc1cc(C#N)ccc1N1CCC(Oc2ccc(F)cc2F)CC1. The maximum Gasteiger partial charge on any atom is 0.259 e. The van der Waals surface area contributed by atoms with E-state index in [9.17, 15) is 18.8 Å². The van der Waals surface area contributed by atoms with Gasteiger partial charge in [0.2, 0.25) is 0 Å². The topological polar surface area (TPSA) is 87.5 Å². The van der Waals surface area contributed by atoms with Gasteiger partial charge in [-0.15, -0.1) is 0 Å². The van der Waals surface area contributed by atoms with Gasteiger partial charge in [-0.3, -0.25) is 9.78 Å². The Morgan fingerprint density at radius 3 is 2.65 bits per heavy atom. The number of pyridine rings is 1. The zero-order valence-electron chi connectivity index (χ0n) is 18.4. The van der Waals surface area contributed by atoms with Crippen molar-refractivity contribution in [1.82, 2.24) is 4.98 Å². The van der Waals surface area contributed by atoms with Gasteiger partial charge < -0.3 is 19.7 Å². The van der Waals surface area contributed by atoms with E-state index in [0.717, 1.165) is 17.8 Å². The molecule has 0 aliphatic carbocycles. The Balaban J connectivity index is 1.49. The Morgan fingerprint density at radius 2 is 1.94 bits per heavy atom. The van der Waals surface area contributed by atoms with Crippen LogP contribution in [-0.4, -0.2) is 37.2 Å². The molecule has 3 aromatic rings. The second-order valence-corrected chi connectivity index (χ2v) is 7.75. The van der Waals surface area contributed by atoms with Gasteiger partial charge in [-0.2, -0.15) is 5.26 Å². The molecule has 0 radical (unpaired) electrons. The van der Waals surface area contributed by atoms with Gasteiger partial charge in [0.25, 0.3) is 5.91 Å². The maximum atomic E-state index is 13.9. The van der Waals surface area contributed by atoms with Gasteiger partial charge in [0, 0.05) is 38.2 Å². The quantitative estimate of drug-likeness (QED) is 0.576. The van der Waals surface area contributed by atoms with Gasteiger partial charge in [0.1, 0.15) is 17.7 Å². The monoisotopic (exact) mass is 464 g/mol. The van der Waals surface area contributed by atoms with Crippen LogP contribution >= 0.6 is 0 Å². The van der Waals surface area contributed by atoms with Gasteiger partial charge in [0.15, 0.2) is 11.6 Å². The van der Waals surface area contributed by atoms with Crippen LogP contribution in [0.3, 0.4) is 0 Å². The first-order valence-electron chi connectivity index (χ1n) is 10.7. The van der Waals surface area contributed by atoms with E-state index in [1.54, 1.807) is 24.3 Å². The second kappa shape index (κ2) is 10.2. The van der Waals surface area contributed by atoms with E-state index >= 15 is 0 Å². The van der Waals surface area contributed by atoms with Crippen LogP contribution in [0.2, 0.25) is 0 Å². The van der Waals surface area contributed by atoms with E-state index < -0.39 is 11.6 Å². The van der Waals surface area contributed by atoms with E-state index in [2.05, 4.69) is 21.3 Å². The van der Waals surface area contributed by atoms with Crippen LogP contribution in [0, 0.1) is 23.0 Å². The summed E-state index contributed by atoms with van der Waals surface area (Å²) in [6, 6.07) is 12.0. The largest absolute Gasteiger partial charge is 0.494 e. The van der Waals surface area contributed by atoms with Gasteiger partial charge in [-0.25, -0.2) is 8.78 Å². The molecule has 0 saturated carbocycles. The first-order chi connectivity index (χ1) is 16.5. The van der Waals surface area contributed by atoms with E-state index in [0.29, 0.717) is 48.5 Å². The van der Waals surface area contributed by atoms with Crippen molar-refractivity contribution in [2.24, 2.45) is 0 Å². The molecule has 0 spiro atoms. The number of hydrogen-bond donors (Lipinski definition) is 1. The number of hydrogen-bond acceptors (Lipinski definition) is 6. The molecule has 4 rings (SSSR count). The molecule has 9 heteroatoms. The van der Waals surface area contributed by atoms with Gasteiger partial charge in [0.05, 0.1) is 41.9 Å². The van der Waals surface area contributed by atoms with Crippen LogP contribution in [0.1, 0.15) is 28.8 Å². The third-order valence-electron chi connectivity index (χ3n) is 5.59. The number of methoxy groups -OCH3 is 1. The van der Waals surface area contributed by atoms with Gasteiger partial charge in [-0.1, -0.05) is 0 Å². The zero-order chi connectivity index (χ0) is 24.1. The van der Waals surface area contributed by atoms with Crippen molar-refractivity contribution in [2.75, 3.05) is 30.4 Å². The van der Waals surface area contributed by atoms with Crippen LogP contribution in [0.15, 0.2) is 54.9 Å². The maximum absolute atomic E-state index is 13.9. The molecule has 1 fully saturated rings. The number of rotatable bonds is 6. The molecule has 1 aliphatic rings. The van der Waals surface area contributed by atoms with Crippen molar-refractivity contribution in [2.45, 2.75) is 18.9 Å². The lowest BCUT2D eigenvalue weighted by molar-refractivity contribution is 0.102. The van der Waals surface area contributed by atoms with E-state index in [1.807, 2.05) is 0 Å². The molecule has 1 amide bonds. The normalized spacial score (nSPS) is 13.8. The summed E-state index contributed by atoms with van der Waals surface area (Å²) in [5.74, 6) is -1.41. The average Bonchev–Trinajstić information content (AvgIpc) is 2.86. The third kappa shape index (κ3) is 5.07. The second-order valence-electron chi connectivity index (χ2n) is 7.75. The highest BCUT2D eigenvalue weighted by Gasteiger charge is 2.24. The molecular weight excluding hydrogens is 442 g/mol. The van der Waals surface area contributed by atoms with Crippen molar-refractivity contribution in [3.63, 3.8) is 0 Å². The number of nitriles is 1. The molecule has 34 heavy (non-hydrogen) atoms. The van der Waals surface area contributed by atoms with Crippen LogP contribution in [0.5, 0.6) is 11.5 Å². The van der Waals surface area contributed by atoms with E-state index in [-0.39, 0.29) is 17.8 Å². The average molecular weight is 464 g/mol. The van der Waals surface area contributed by atoms with Crippen LogP contribution in [-0.2, 0) is 0 Å². The smallest absolute Gasteiger partial charge is 0.259 e. The number of piperidine rings is 1. The predicted octanol–water partition coefficient (Wildman–Crippen LogP) is 4.54. The van der Waals surface area contributed by atoms with Gasteiger partial charge in [-0.05, 0) is 36.4 Å². The molecule has 2 heterocycles. The highest BCUT2D eigenvalue weighted by molar-refractivity contribution is 6.07. The van der Waals surface area contributed by atoms with Crippen molar-refractivity contribution >= 4 is 17.3 Å². The number of benzene rings is 2. The summed E-state index contributed by atoms with van der Waals surface area (Å²) in [5, 5.41) is 12.2. The summed E-state index contributed by atoms with van der Waals surface area (Å²) >= 11 is 0. The fourth-order valence-electron chi connectivity index (χ4n) is 3.87. The molecule has 0 atom stereocenters. The first kappa shape index (κ1) is 23.0. The minimum atomic E-state index is -0.730. The number of nitrogens with one attached hydrogen (secondary N) is 1. The number of amides is 1. The Hall–Kier alpha value is -4.19. The molecule has 1 N–H and O–H groups in total. The Bertz CT molecular complexity index is 1240. The molecule has 1 saturated heterocycles. The molecule has 1 aromatic heterocycles. The number of halogens is 2. The number of carbonyl (C=O) groups is 1. The summed E-state index contributed by atoms with van der Waals surface area (Å²) in [7, 11) is 1.46.